The lowest BCUT2D eigenvalue weighted by molar-refractivity contribution is -0.141. The molecule has 1 atom stereocenters. The van der Waals surface area contributed by atoms with E-state index in [-0.39, 0.29) is 23.1 Å². The zero-order valence-corrected chi connectivity index (χ0v) is 17.1. The minimum atomic E-state index is -0.684. The number of phenolic OH excluding ortho intramolecular Hbond substituents is 1. The molecule has 1 heterocycles. The largest absolute Gasteiger partial charge is 0.508 e. The third kappa shape index (κ3) is 3.32. The first kappa shape index (κ1) is 20.0. The van der Waals surface area contributed by atoms with Gasteiger partial charge in [0.05, 0.1) is 18.7 Å². The Balaban J connectivity index is 1.87. The number of aryl methyl sites for hydroxylation is 1. The summed E-state index contributed by atoms with van der Waals surface area (Å²) < 4.78 is 5.28. The van der Waals surface area contributed by atoms with Crippen LogP contribution in [0.25, 0.3) is 5.76 Å². The van der Waals surface area contributed by atoms with Crippen molar-refractivity contribution >= 4 is 17.4 Å². The number of ether oxygens (including phenoxy) is 1. The number of carbonyl (C=O) groups excluding carboxylic acids is 2. The zero-order chi connectivity index (χ0) is 21.4. The van der Waals surface area contributed by atoms with E-state index in [2.05, 4.69) is 0 Å². The minimum Gasteiger partial charge on any atom is -0.508 e. The number of likely N-dealkylation sites (tertiary alicyclic amines) is 1. The second-order valence-corrected chi connectivity index (χ2v) is 7.92. The minimum absolute atomic E-state index is 0.0387. The molecule has 2 fully saturated rings. The van der Waals surface area contributed by atoms with Crippen molar-refractivity contribution in [2.75, 3.05) is 7.11 Å². The summed E-state index contributed by atoms with van der Waals surface area (Å²) in [6, 6.07) is 10.9. The normalized spacial score (nSPS) is 21.4. The molecule has 1 unspecified atom stereocenters. The molecular formula is C24H25NO5. The summed E-state index contributed by atoms with van der Waals surface area (Å²) in [6.45, 7) is 1.85. The second kappa shape index (κ2) is 7.86. The predicted molar refractivity (Wildman–Crippen MR) is 112 cm³/mol. The first-order valence-electron chi connectivity index (χ1n) is 10.2. The van der Waals surface area contributed by atoms with Gasteiger partial charge in [0, 0.05) is 11.6 Å². The van der Waals surface area contributed by atoms with Gasteiger partial charge in [0.1, 0.15) is 17.3 Å². The van der Waals surface area contributed by atoms with Gasteiger partial charge in [-0.25, -0.2) is 0 Å². The lowest BCUT2D eigenvalue weighted by Crippen LogP contribution is -2.37. The number of methoxy groups -OCH3 is 1. The molecule has 1 saturated heterocycles. The molecule has 0 aromatic heterocycles. The molecule has 1 aliphatic carbocycles. The summed E-state index contributed by atoms with van der Waals surface area (Å²) >= 11 is 0. The van der Waals surface area contributed by atoms with Crippen LogP contribution < -0.4 is 4.74 Å². The maximum absolute atomic E-state index is 13.1. The Kier molecular flexibility index (Phi) is 5.24. The monoisotopic (exact) mass is 407 g/mol. The van der Waals surface area contributed by atoms with Crippen molar-refractivity contribution in [1.82, 2.24) is 4.90 Å². The molecule has 1 saturated carbocycles. The van der Waals surface area contributed by atoms with Gasteiger partial charge in [0.25, 0.3) is 11.7 Å². The maximum Gasteiger partial charge on any atom is 0.295 e. The van der Waals surface area contributed by atoms with E-state index in [0.29, 0.717) is 16.9 Å². The number of hydrogen-bond acceptors (Lipinski definition) is 5. The maximum atomic E-state index is 13.1. The van der Waals surface area contributed by atoms with Gasteiger partial charge in [-0.3, -0.25) is 9.59 Å². The number of rotatable bonds is 4. The molecule has 156 valence electrons. The fourth-order valence-corrected chi connectivity index (χ4v) is 4.57. The van der Waals surface area contributed by atoms with Crippen LogP contribution in [-0.2, 0) is 9.59 Å². The van der Waals surface area contributed by atoms with Gasteiger partial charge in [-0.05, 0) is 61.2 Å². The van der Waals surface area contributed by atoms with E-state index in [1.807, 2.05) is 6.92 Å². The molecule has 6 nitrogen and oxygen atoms in total. The quantitative estimate of drug-likeness (QED) is 0.453. The standard InChI is InChI=1S/C24H25NO5/c1-14-13-16(9-12-19(14)30-2)22(27)20-21(15-7-10-18(26)11-8-15)25(24(29)23(20)28)17-5-3-4-6-17/h7-13,17,21,26-27H,3-6H2,1-2H3/b22-20-. The van der Waals surface area contributed by atoms with Crippen LogP contribution in [0.1, 0.15) is 48.4 Å². The van der Waals surface area contributed by atoms with Crippen LogP contribution in [0.4, 0.5) is 0 Å². The van der Waals surface area contributed by atoms with Crippen molar-refractivity contribution in [1.29, 1.82) is 0 Å². The lowest BCUT2D eigenvalue weighted by atomic mass is 9.94. The molecular weight excluding hydrogens is 382 g/mol. The molecule has 2 aliphatic rings. The topological polar surface area (TPSA) is 87.1 Å². The molecule has 0 spiro atoms. The number of aliphatic hydroxyl groups excluding tert-OH is 1. The third-order valence-electron chi connectivity index (χ3n) is 6.08. The number of ketones is 1. The van der Waals surface area contributed by atoms with Crippen molar-refractivity contribution in [3.63, 3.8) is 0 Å². The average molecular weight is 407 g/mol. The Hall–Kier alpha value is -3.28. The summed E-state index contributed by atoms with van der Waals surface area (Å²) in [5, 5.41) is 20.8. The summed E-state index contributed by atoms with van der Waals surface area (Å²) in [4.78, 5) is 27.7. The summed E-state index contributed by atoms with van der Waals surface area (Å²) in [5.41, 5.74) is 2.04. The molecule has 0 bridgehead atoms. The van der Waals surface area contributed by atoms with Crippen molar-refractivity contribution in [3.05, 3.63) is 64.7 Å². The van der Waals surface area contributed by atoms with Crippen molar-refractivity contribution in [3.8, 4) is 11.5 Å². The Morgan fingerprint density at radius 1 is 1.07 bits per heavy atom. The van der Waals surface area contributed by atoms with E-state index in [4.69, 9.17) is 4.74 Å². The predicted octanol–water partition coefficient (Wildman–Crippen LogP) is 4.07. The van der Waals surface area contributed by atoms with Crippen molar-refractivity contribution < 1.29 is 24.5 Å². The summed E-state index contributed by atoms with van der Waals surface area (Å²) in [7, 11) is 1.57. The Labute approximate surface area is 175 Å². The number of carbonyl (C=O) groups is 2. The zero-order valence-electron chi connectivity index (χ0n) is 17.1. The molecule has 2 aromatic carbocycles. The molecule has 30 heavy (non-hydrogen) atoms. The van der Waals surface area contributed by atoms with Crippen LogP contribution >= 0.6 is 0 Å². The molecule has 0 radical (unpaired) electrons. The van der Waals surface area contributed by atoms with Crippen molar-refractivity contribution in [2.24, 2.45) is 0 Å². The number of phenols is 1. The molecule has 1 amide bonds. The molecule has 4 rings (SSSR count). The van der Waals surface area contributed by atoms with Gasteiger partial charge in [-0.15, -0.1) is 0 Å². The van der Waals surface area contributed by atoms with Gasteiger partial charge in [-0.1, -0.05) is 25.0 Å². The van der Waals surface area contributed by atoms with E-state index >= 15 is 0 Å². The number of amides is 1. The lowest BCUT2D eigenvalue weighted by Gasteiger charge is -2.30. The van der Waals surface area contributed by atoms with Gasteiger partial charge < -0.3 is 19.8 Å². The van der Waals surface area contributed by atoms with E-state index in [9.17, 15) is 19.8 Å². The van der Waals surface area contributed by atoms with Crippen molar-refractivity contribution in [2.45, 2.75) is 44.7 Å². The van der Waals surface area contributed by atoms with E-state index in [1.165, 1.54) is 12.1 Å². The fourth-order valence-electron chi connectivity index (χ4n) is 4.57. The van der Waals surface area contributed by atoms with Gasteiger partial charge >= 0.3 is 0 Å². The Bertz CT molecular complexity index is 1020. The Morgan fingerprint density at radius 2 is 1.73 bits per heavy atom. The number of aliphatic hydroxyl groups is 1. The van der Waals surface area contributed by atoms with Crippen LogP contribution in [0.5, 0.6) is 11.5 Å². The smallest absolute Gasteiger partial charge is 0.295 e. The first-order chi connectivity index (χ1) is 14.4. The van der Waals surface area contributed by atoms with E-state index in [1.54, 1.807) is 42.3 Å². The highest BCUT2D eigenvalue weighted by molar-refractivity contribution is 6.46. The summed E-state index contributed by atoms with van der Waals surface area (Å²) in [6.07, 6.45) is 3.69. The number of nitrogens with zero attached hydrogens (tertiary/aromatic N) is 1. The van der Waals surface area contributed by atoms with E-state index < -0.39 is 17.7 Å². The summed E-state index contributed by atoms with van der Waals surface area (Å²) in [5.74, 6) is -0.675. The molecule has 2 aromatic rings. The van der Waals surface area contributed by atoms with Gasteiger partial charge in [-0.2, -0.15) is 0 Å². The van der Waals surface area contributed by atoms with Crippen LogP contribution in [0, 0.1) is 6.92 Å². The van der Waals surface area contributed by atoms with Crippen LogP contribution in [0.2, 0.25) is 0 Å². The third-order valence-corrected chi connectivity index (χ3v) is 6.08. The first-order valence-corrected chi connectivity index (χ1v) is 10.2. The number of aromatic hydroxyl groups is 1. The van der Waals surface area contributed by atoms with E-state index in [0.717, 1.165) is 31.2 Å². The highest BCUT2D eigenvalue weighted by atomic mass is 16.5. The van der Waals surface area contributed by atoms with Crippen LogP contribution in [-0.4, -0.2) is 40.0 Å². The van der Waals surface area contributed by atoms with Crippen LogP contribution in [0.15, 0.2) is 48.0 Å². The van der Waals surface area contributed by atoms with Gasteiger partial charge in [0.2, 0.25) is 0 Å². The highest BCUT2D eigenvalue weighted by Crippen LogP contribution is 2.43. The second-order valence-electron chi connectivity index (χ2n) is 7.92. The Morgan fingerprint density at radius 3 is 2.33 bits per heavy atom. The number of benzene rings is 2. The molecule has 1 aliphatic heterocycles. The van der Waals surface area contributed by atoms with Crippen LogP contribution in [0.3, 0.4) is 0 Å². The molecule has 6 heteroatoms. The average Bonchev–Trinajstić information content (AvgIpc) is 3.35. The number of Topliss-reactive ketones (excluding diaryl/α,β-unsaturated/α-hetero) is 1. The van der Waals surface area contributed by atoms with Gasteiger partial charge in [0.15, 0.2) is 0 Å². The SMILES string of the molecule is COc1ccc(/C(O)=C2/C(=O)C(=O)N(C3CCCC3)C2c2ccc(O)cc2)cc1C. The highest BCUT2D eigenvalue weighted by Gasteiger charge is 2.49. The number of hydrogen-bond donors (Lipinski definition) is 2. The fraction of sp³-hybridized carbons (Fsp3) is 0.333. The molecule has 2 N–H and O–H groups in total.